The number of para-hydroxylation sites is 1. The highest BCUT2D eigenvalue weighted by molar-refractivity contribution is 7.09. The summed E-state index contributed by atoms with van der Waals surface area (Å²) in [5.41, 5.74) is -0.388. The molecule has 2 rings (SSSR count). The van der Waals surface area contributed by atoms with Gasteiger partial charge in [0.2, 0.25) is 0 Å². The predicted molar refractivity (Wildman–Crippen MR) is 74.8 cm³/mol. The number of rotatable bonds is 5. The summed E-state index contributed by atoms with van der Waals surface area (Å²) in [6, 6.07) is 7.42. The first-order valence-corrected chi connectivity index (χ1v) is 7.02. The van der Waals surface area contributed by atoms with Crippen LogP contribution >= 0.6 is 11.3 Å². The Hall–Kier alpha value is -1.79. The van der Waals surface area contributed by atoms with Crippen molar-refractivity contribution in [1.29, 1.82) is 0 Å². The Morgan fingerprint density at radius 3 is 2.55 bits per heavy atom. The number of likely N-dealkylation sites (N-methyl/N-ethyl adjacent to an activating group) is 1. The summed E-state index contributed by atoms with van der Waals surface area (Å²) in [4.78, 5) is 13.9. The Bertz CT molecular complexity index is 567. The molecular weight excluding hydrogens is 282 g/mol. The maximum atomic E-state index is 13.4. The number of amides is 1. The lowest BCUT2D eigenvalue weighted by Gasteiger charge is -2.13. The highest BCUT2D eigenvalue weighted by Gasteiger charge is 2.15. The van der Waals surface area contributed by atoms with E-state index in [4.69, 9.17) is 0 Å². The third-order valence-corrected chi connectivity index (χ3v) is 3.62. The van der Waals surface area contributed by atoms with Gasteiger partial charge in [0, 0.05) is 0 Å². The van der Waals surface area contributed by atoms with Gasteiger partial charge in [-0.15, -0.1) is 11.3 Å². The minimum Gasteiger partial charge on any atom is -0.325 e. The van der Waals surface area contributed by atoms with Crippen LogP contribution in [0.2, 0.25) is 0 Å². The van der Waals surface area contributed by atoms with Crippen LogP contribution in [0.4, 0.5) is 14.5 Å². The molecule has 6 heteroatoms. The first-order chi connectivity index (χ1) is 9.56. The fraction of sp³-hybridized carbons (Fsp3) is 0.214. The molecule has 0 spiro atoms. The van der Waals surface area contributed by atoms with E-state index in [-0.39, 0.29) is 12.2 Å². The zero-order valence-electron chi connectivity index (χ0n) is 11.0. The highest BCUT2D eigenvalue weighted by Crippen LogP contribution is 2.17. The first-order valence-electron chi connectivity index (χ1n) is 6.14. The quantitative estimate of drug-likeness (QED) is 0.865. The fourth-order valence-corrected chi connectivity index (χ4v) is 2.67. The molecule has 1 heterocycles. The Kier molecular flexibility index (Phi) is 4.81. The number of benzene rings is 1. The lowest BCUT2D eigenvalue weighted by molar-refractivity contribution is -0.884. The van der Waals surface area contributed by atoms with E-state index in [1.54, 1.807) is 11.3 Å². The minimum absolute atomic E-state index is 0.145. The van der Waals surface area contributed by atoms with E-state index >= 15 is 0 Å². The molecule has 0 aliphatic carbocycles. The molecule has 2 N–H and O–H groups in total. The minimum atomic E-state index is -0.769. The van der Waals surface area contributed by atoms with Gasteiger partial charge in [-0.2, -0.15) is 0 Å². The zero-order valence-corrected chi connectivity index (χ0v) is 11.8. The monoisotopic (exact) mass is 297 g/mol. The molecule has 1 unspecified atom stereocenters. The summed E-state index contributed by atoms with van der Waals surface area (Å²) in [5.74, 6) is -1.95. The summed E-state index contributed by atoms with van der Waals surface area (Å²) in [6.07, 6.45) is 0. The van der Waals surface area contributed by atoms with Gasteiger partial charge in [-0.25, -0.2) is 8.78 Å². The molecule has 0 bridgehead atoms. The molecule has 2 aromatic rings. The van der Waals surface area contributed by atoms with E-state index in [0.717, 1.165) is 21.9 Å². The summed E-state index contributed by atoms with van der Waals surface area (Å²) in [6.45, 7) is 0.844. The molecule has 1 amide bonds. The number of quaternary nitrogens is 1. The van der Waals surface area contributed by atoms with E-state index < -0.39 is 17.5 Å². The normalized spacial score (nSPS) is 12.2. The van der Waals surface area contributed by atoms with Gasteiger partial charge < -0.3 is 10.2 Å². The van der Waals surface area contributed by atoms with Crippen LogP contribution in [-0.2, 0) is 11.3 Å². The van der Waals surface area contributed by atoms with Gasteiger partial charge in [0.15, 0.2) is 6.54 Å². The molecule has 106 valence electrons. The maximum absolute atomic E-state index is 13.4. The number of nitrogens with one attached hydrogen (secondary N) is 2. The van der Waals surface area contributed by atoms with E-state index in [1.165, 1.54) is 6.07 Å². The number of carbonyl (C=O) groups is 1. The fourth-order valence-electron chi connectivity index (χ4n) is 1.85. The summed E-state index contributed by atoms with van der Waals surface area (Å²) >= 11 is 1.61. The van der Waals surface area contributed by atoms with E-state index in [1.807, 2.05) is 24.6 Å². The van der Waals surface area contributed by atoms with Crippen molar-refractivity contribution in [2.45, 2.75) is 6.54 Å². The molecule has 0 aliphatic rings. The maximum Gasteiger partial charge on any atom is 0.279 e. The SMILES string of the molecule is C[NH+](CC(=O)Nc1c(F)cccc1F)Cc1cccs1. The van der Waals surface area contributed by atoms with Crippen molar-refractivity contribution in [3.63, 3.8) is 0 Å². The van der Waals surface area contributed by atoms with E-state index in [0.29, 0.717) is 6.54 Å². The average molecular weight is 297 g/mol. The van der Waals surface area contributed by atoms with Gasteiger partial charge in [0.1, 0.15) is 23.9 Å². The molecule has 3 nitrogen and oxygen atoms in total. The zero-order chi connectivity index (χ0) is 14.5. The van der Waals surface area contributed by atoms with Crippen molar-refractivity contribution in [3.05, 3.63) is 52.2 Å². The molecule has 1 aromatic heterocycles. The van der Waals surface area contributed by atoms with Gasteiger partial charge in [-0.3, -0.25) is 4.79 Å². The summed E-state index contributed by atoms with van der Waals surface area (Å²) in [5, 5.41) is 4.25. The van der Waals surface area contributed by atoms with Crippen LogP contribution in [0.3, 0.4) is 0 Å². The topological polar surface area (TPSA) is 33.5 Å². The number of hydrogen-bond donors (Lipinski definition) is 2. The van der Waals surface area contributed by atoms with Crippen LogP contribution < -0.4 is 10.2 Å². The second-order valence-electron chi connectivity index (χ2n) is 4.53. The second-order valence-corrected chi connectivity index (χ2v) is 5.57. The molecule has 0 saturated heterocycles. The van der Waals surface area contributed by atoms with Crippen LogP contribution in [0.25, 0.3) is 0 Å². The molecule has 1 aromatic carbocycles. The number of hydrogen-bond acceptors (Lipinski definition) is 2. The third kappa shape index (κ3) is 3.85. The second kappa shape index (κ2) is 6.58. The number of halogens is 2. The molecular formula is C14H15F2N2OS+. The van der Waals surface area contributed by atoms with Crippen molar-refractivity contribution < 1.29 is 18.5 Å². The van der Waals surface area contributed by atoms with Crippen molar-refractivity contribution >= 4 is 22.9 Å². The molecule has 1 atom stereocenters. The molecule has 0 saturated carbocycles. The standard InChI is InChI=1S/C14H14F2N2OS/c1-18(8-10-4-3-7-20-10)9-13(19)17-14-11(15)5-2-6-12(14)16/h2-7H,8-9H2,1H3,(H,17,19)/p+1. The van der Waals surface area contributed by atoms with E-state index in [2.05, 4.69) is 5.32 Å². The number of thiophene rings is 1. The van der Waals surface area contributed by atoms with Gasteiger partial charge in [-0.05, 0) is 23.6 Å². The Morgan fingerprint density at radius 1 is 1.25 bits per heavy atom. The van der Waals surface area contributed by atoms with Crippen LogP contribution in [0.1, 0.15) is 4.88 Å². The Labute approximate surface area is 119 Å². The predicted octanol–water partition coefficient (Wildman–Crippen LogP) is 1.68. The number of carbonyl (C=O) groups excluding carboxylic acids is 1. The molecule has 0 radical (unpaired) electrons. The van der Waals surface area contributed by atoms with Gasteiger partial charge in [0.25, 0.3) is 5.91 Å². The first kappa shape index (κ1) is 14.6. The Morgan fingerprint density at radius 2 is 1.95 bits per heavy atom. The molecule has 0 aliphatic heterocycles. The summed E-state index contributed by atoms with van der Waals surface area (Å²) < 4.78 is 26.8. The summed E-state index contributed by atoms with van der Waals surface area (Å²) in [7, 11) is 1.86. The molecule has 0 fully saturated rings. The highest BCUT2D eigenvalue weighted by atomic mass is 32.1. The average Bonchev–Trinajstić information content (AvgIpc) is 2.86. The van der Waals surface area contributed by atoms with Crippen molar-refractivity contribution in [1.82, 2.24) is 0 Å². The van der Waals surface area contributed by atoms with Crippen LogP contribution in [-0.4, -0.2) is 19.5 Å². The van der Waals surface area contributed by atoms with Gasteiger partial charge in [0.05, 0.1) is 11.9 Å². The molecule has 20 heavy (non-hydrogen) atoms. The van der Waals surface area contributed by atoms with Crippen molar-refractivity contribution in [2.75, 3.05) is 18.9 Å². The third-order valence-electron chi connectivity index (χ3n) is 2.75. The van der Waals surface area contributed by atoms with Gasteiger partial charge in [-0.1, -0.05) is 12.1 Å². The lowest BCUT2D eigenvalue weighted by Crippen LogP contribution is -3.08. The number of anilines is 1. The van der Waals surface area contributed by atoms with Gasteiger partial charge >= 0.3 is 0 Å². The van der Waals surface area contributed by atoms with Crippen molar-refractivity contribution in [3.8, 4) is 0 Å². The van der Waals surface area contributed by atoms with Crippen LogP contribution in [0, 0.1) is 11.6 Å². The van der Waals surface area contributed by atoms with Crippen LogP contribution in [0.5, 0.6) is 0 Å². The van der Waals surface area contributed by atoms with Crippen LogP contribution in [0.15, 0.2) is 35.7 Å². The lowest BCUT2D eigenvalue weighted by atomic mass is 10.3. The largest absolute Gasteiger partial charge is 0.325 e. The van der Waals surface area contributed by atoms with Crippen molar-refractivity contribution in [2.24, 2.45) is 0 Å². The smallest absolute Gasteiger partial charge is 0.279 e. The van der Waals surface area contributed by atoms with E-state index in [9.17, 15) is 13.6 Å². The Balaban J connectivity index is 1.92.